The van der Waals surface area contributed by atoms with Crippen LogP contribution < -0.4 is 4.90 Å². The molecular formula is C19H25N5O. The molecule has 0 saturated carbocycles. The average molecular weight is 339 g/mol. The number of aryl methyl sites for hydroxylation is 1. The molecule has 2 saturated heterocycles. The molecule has 0 bridgehead atoms. The molecule has 6 heteroatoms. The predicted molar refractivity (Wildman–Crippen MR) is 96.4 cm³/mol. The van der Waals surface area contributed by atoms with E-state index >= 15 is 0 Å². The van der Waals surface area contributed by atoms with Gasteiger partial charge in [-0.05, 0) is 44.0 Å². The Hall–Kier alpha value is -2.05. The molecule has 0 aromatic carbocycles. The van der Waals surface area contributed by atoms with Gasteiger partial charge in [0.1, 0.15) is 0 Å². The van der Waals surface area contributed by atoms with Crippen LogP contribution in [0, 0.1) is 6.92 Å². The second-order valence-electron chi connectivity index (χ2n) is 7.15. The minimum atomic E-state index is -0.125. The molecule has 25 heavy (non-hydrogen) atoms. The quantitative estimate of drug-likeness (QED) is 0.853. The molecule has 0 N–H and O–H groups in total. The van der Waals surface area contributed by atoms with Gasteiger partial charge in [0.25, 0.3) is 0 Å². The number of hydrogen-bond donors (Lipinski definition) is 0. The second-order valence-corrected chi connectivity index (χ2v) is 7.15. The molecule has 0 aliphatic carbocycles. The van der Waals surface area contributed by atoms with Crippen molar-refractivity contribution in [2.75, 3.05) is 37.7 Å². The molecular weight excluding hydrogens is 314 g/mol. The number of piperidine rings is 1. The fourth-order valence-electron chi connectivity index (χ4n) is 3.86. The summed E-state index contributed by atoms with van der Waals surface area (Å²) in [5, 5.41) is 0. The molecule has 6 nitrogen and oxygen atoms in total. The largest absolute Gasteiger partial charge is 0.370 e. The molecule has 1 atom stereocenters. The smallest absolute Gasteiger partial charge is 0.225 e. The van der Waals surface area contributed by atoms with Crippen LogP contribution in [0.5, 0.6) is 0 Å². The minimum absolute atomic E-state index is 0.125. The number of nitrogens with zero attached hydrogens (tertiary/aromatic N) is 5. The molecule has 2 aliphatic rings. The van der Waals surface area contributed by atoms with Crippen LogP contribution in [-0.4, -0.2) is 58.2 Å². The molecule has 4 heterocycles. The van der Waals surface area contributed by atoms with Crippen molar-refractivity contribution in [2.24, 2.45) is 0 Å². The van der Waals surface area contributed by atoms with E-state index in [0.717, 1.165) is 69.4 Å². The number of ether oxygens (including phenoxy) is 1. The zero-order chi connectivity index (χ0) is 17.1. The van der Waals surface area contributed by atoms with Crippen LogP contribution in [-0.2, 0) is 11.3 Å². The maximum Gasteiger partial charge on any atom is 0.225 e. The average Bonchev–Trinajstić information content (AvgIpc) is 2.63. The van der Waals surface area contributed by atoms with Gasteiger partial charge >= 0.3 is 0 Å². The lowest BCUT2D eigenvalue weighted by Crippen LogP contribution is -2.60. The Balaban J connectivity index is 1.45. The Bertz CT molecular complexity index is 689. The van der Waals surface area contributed by atoms with Gasteiger partial charge in [0.05, 0.1) is 24.4 Å². The third-order valence-electron chi connectivity index (χ3n) is 5.03. The van der Waals surface area contributed by atoms with Gasteiger partial charge < -0.3 is 9.64 Å². The summed E-state index contributed by atoms with van der Waals surface area (Å²) < 4.78 is 6.29. The highest BCUT2D eigenvalue weighted by molar-refractivity contribution is 5.32. The highest BCUT2D eigenvalue weighted by Gasteiger charge is 2.41. The first-order valence-electron chi connectivity index (χ1n) is 9.02. The zero-order valence-electron chi connectivity index (χ0n) is 14.8. The summed E-state index contributed by atoms with van der Waals surface area (Å²) >= 11 is 0. The second kappa shape index (κ2) is 7.06. The van der Waals surface area contributed by atoms with Gasteiger partial charge in [0.15, 0.2) is 0 Å². The van der Waals surface area contributed by atoms with Gasteiger partial charge in [-0.15, -0.1) is 0 Å². The third kappa shape index (κ3) is 3.80. The third-order valence-corrected chi connectivity index (χ3v) is 5.03. The lowest BCUT2D eigenvalue weighted by atomic mass is 9.90. The van der Waals surface area contributed by atoms with Crippen molar-refractivity contribution in [3.05, 3.63) is 48.0 Å². The van der Waals surface area contributed by atoms with E-state index in [1.54, 1.807) is 0 Å². The molecule has 2 aromatic heterocycles. The van der Waals surface area contributed by atoms with E-state index in [0.29, 0.717) is 0 Å². The van der Waals surface area contributed by atoms with Crippen LogP contribution >= 0.6 is 0 Å². The van der Waals surface area contributed by atoms with Gasteiger partial charge in [0.2, 0.25) is 5.95 Å². The van der Waals surface area contributed by atoms with Gasteiger partial charge in [-0.25, -0.2) is 9.97 Å². The summed E-state index contributed by atoms with van der Waals surface area (Å²) in [6.07, 6.45) is 7.88. The summed E-state index contributed by atoms with van der Waals surface area (Å²) in [6, 6.07) is 6.11. The van der Waals surface area contributed by atoms with Gasteiger partial charge in [-0.3, -0.25) is 9.88 Å². The van der Waals surface area contributed by atoms with E-state index in [-0.39, 0.29) is 5.60 Å². The molecule has 2 aliphatic heterocycles. The van der Waals surface area contributed by atoms with Crippen molar-refractivity contribution in [2.45, 2.75) is 31.9 Å². The normalized spacial score (nSPS) is 24.6. The topological polar surface area (TPSA) is 54.4 Å². The number of pyridine rings is 1. The molecule has 132 valence electrons. The van der Waals surface area contributed by atoms with Crippen LogP contribution in [0.15, 0.2) is 36.8 Å². The van der Waals surface area contributed by atoms with E-state index < -0.39 is 0 Å². The molecule has 4 rings (SSSR count). The first kappa shape index (κ1) is 16.4. The highest BCUT2D eigenvalue weighted by atomic mass is 16.5. The number of hydrogen-bond acceptors (Lipinski definition) is 6. The standard InChI is InChI=1S/C19H25N5O/c1-16-11-21-18(22-12-16)24-9-10-25-19(15-24)6-4-8-23(14-19)13-17-5-2-3-7-20-17/h2-3,5,7,11-12H,4,6,8-10,13-15H2,1H3/t19-/m1/s1. The Kier molecular flexibility index (Phi) is 4.63. The van der Waals surface area contributed by atoms with E-state index in [1.807, 2.05) is 31.6 Å². The Labute approximate surface area is 148 Å². The SMILES string of the molecule is Cc1cnc(N2CCO[C@@]3(CCCN(Cc4ccccn4)C3)C2)nc1. The molecule has 2 fully saturated rings. The maximum atomic E-state index is 6.29. The zero-order valence-corrected chi connectivity index (χ0v) is 14.8. The molecule has 1 spiro atoms. The molecule has 2 aromatic rings. The Morgan fingerprint density at radius 3 is 2.80 bits per heavy atom. The van der Waals surface area contributed by atoms with E-state index in [2.05, 4.69) is 36.9 Å². The summed E-state index contributed by atoms with van der Waals surface area (Å²) in [6.45, 7) is 7.37. The van der Waals surface area contributed by atoms with Crippen molar-refractivity contribution in [3.8, 4) is 0 Å². The number of morpholine rings is 1. The van der Waals surface area contributed by atoms with Crippen LogP contribution in [0.25, 0.3) is 0 Å². The van der Waals surface area contributed by atoms with Crippen molar-refractivity contribution in [1.29, 1.82) is 0 Å². The maximum absolute atomic E-state index is 6.29. The van der Waals surface area contributed by atoms with Crippen LogP contribution in [0.3, 0.4) is 0 Å². The first-order valence-corrected chi connectivity index (χ1v) is 9.02. The van der Waals surface area contributed by atoms with Crippen molar-refractivity contribution in [1.82, 2.24) is 19.9 Å². The number of anilines is 1. The van der Waals surface area contributed by atoms with Crippen molar-refractivity contribution < 1.29 is 4.74 Å². The first-order chi connectivity index (χ1) is 12.2. The Morgan fingerprint density at radius 2 is 2.00 bits per heavy atom. The van der Waals surface area contributed by atoms with Crippen molar-refractivity contribution in [3.63, 3.8) is 0 Å². The fourth-order valence-corrected chi connectivity index (χ4v) is 3.86. The van der Waals surface area contributed by atoms with E-state index in [1.165, 1.54) is 0 Å². The molecule has 0 unspecified atom stereocenters. The fraction of sp³-hybridized carbons (Fsp3) is 0.526. The molecule has 0 radical (unpaired) electrons. The summed E-state index contributed by atoms with van der Waals surface area (Å²) in [5.74, 6) is 0.815. The number of rotatable bonds is 3. The summed E-state index contributed by atoms with van der Waals surface area (Å²) in [4.78, 5) is 18.2. The highest BCUT2D eigenvalue weighted by Crippen LogP contribution is 2.30. The number of likely N-dealkylation sites (tertiary alicyclic amines) is 1. The number of aromatic nitrogens is 3. The van der Waals surface area contributed by atoms with Gasteiger partial charge in [0, 0.05) is 38.2 Å². The lowest BCUT2D eigenvalue weighted by molar-refractivity contribution is -0.0989. The predicted octanol–water partition coefficient (Wildman–Crippen LogP) is 2.05. The summed E-state index contributed by atoms with van der Waals surface area (Å²) in [5.41, 5.74) is 2.08. The molecule has 0 amide bonds. The summed E-state index contributed by atoms with van der Waals surface area (Å²) in [7, 11) is 0. The van der Waals surface area contributed by atoms with Crippen LogP contribution in [0.2, 0.25) is 0 Å². The van der Waals surface area contributed by atoms with Crippen molar-refractivity contribution >= 4 is 5.95 Å². The lowest BCUT2D eigenvalue weighted by Gasteiger charge is -2.48. The Morgan fingerprint density at radius 1 is 1.12 bits per heavy atom. The van der Waals surface area contributed by atoms with Crippen LogP contribution in [0.1, 0.15) is 24.1 Å². The van der Waals surface area contributed by atoms with E-state index in [4.69, 9.17) is 4.74 Å². The minimum Gasteiger partial charge on any atom is -0.370 e. The van der Waals surface area contributed by atoms with Gasteiger partial charge in [-0.2, -0.15) is 0 Å². The van der Waals surface area contributed by atoms with Crippen LogP contribution in [0.4, 0.5) is 5.95 Å². The van der Waals surface area contributed by atoms with Gasteiger partial charge in [-0.1, -0.05) is 6.07 Å². The van der Waals surface area contributed by atoms with E-state index in [9.17, 15) is 0 Å². The monoisotopic (exact) mass is 339 g/mol.